The zero-order chi connectivity index (χ0) is 18.5. The Balaban J connectivity index is 1.51. The van der Waals surface area contributed by atoms with E-state index < -0.39 is 0 Å². The number of pyridine rings is 1. The van der Waals surface area contributed by atoms with E-state index in [-0.39, 0.29) is 12.2 Å². The summed E-state index contributed by atoms with van der Waals surface area (Å²) < 4.78 is 11.1. The largest absolute Gasteiger partial charge is 0.446 e. The van der Waals surface area contributed by atoms with Gasteiger partial charge in [-0.25, -0.2) is 9.78 Å². The molecular weight excluding hydrogens is 346 g/mol. The van der Waals surface area contributed by atoms with Crippen molar-refractivity contribution in [1.29, 1.82) is 0 Å². The van der Waals surface area contributed by atoms with Gasteiger partial charge in [0.15, 0.2) is 5.82 Å². The molecule has 142 valence electrons. The van der Waals surface area contributed by atoms with Crippen LogP contribution in [0.4, 0.5) is 16.4 Å². The van der Waals surface area contributed by atoms with Gasteiger partial charge in [0.05, 0.1) is 18.9 Å². The fourth-order valence-corrected chi connectivity index (χ4v) is 3.42. The molecule has 8 nitrogen and oxygen atoms in total. The van der Waals surface area contributed by atoms with Crippen LogP contribution in [0.3, 0.4) is 0 Å². The number of fused-ring (bicyclic) bond motifs is 7. The lowest BCUT2D eigenvalue weighted by Gasteiger charge is -2.12. The Hall–Kier alpha value is -2.87. The van der Waals surface area contributed by atoms with Gasteiger partial charge >= 0.3 is 6.09 Å². The van der Waals surface area contributed by atoms with Crippen molar-refractivity contribution in [3.05, 3.63) is 47.8 Å². The topological polar surface area (TPSA) is 101 Å². The van der Waals surface area contributed by atoms with E-state index in [1.54, 1.807) is 0 Å². The zero-order valence-electron chi connectivity index (χ0n) is 15.0. The summed E-state index contributed by atoms with van der Waals surface area (Å²) in [6, 6.07) is 7.75. The maximum absolute atomic E-state index is 11.9. The third kappa shape index (κ3) is 4.65. The molecule has 1 amide bonds. The summed E-state index contributed by atoms with van der Waals surface area (Å²) >= 11 is 0. The molecule has 0 radical (unpaired) electrons. The van der Waals surface area contributed by atoms with Crippen LogP contribution in [-0.4, -0.2) is 40.5 Å². The number of carbonyl (C=O) groups is 1. The van der Waals surface area contributed by atoms with E-state index in [1.807, 2.05) is 36.4 Å². The molecule has 8 heteroatoms. The Morgan fingerprint density at radius 3 is 3.07 bits per heavy atom. The Bertz CT molecular complexity index is 819. The molecule has 1 unspecified atom stereocenters. The number of amides is 1. The number of hydrogen-bond donors (Lipinski definition) is 3. The summed E-state index contributed by atoms with van der Waals surface area (Å²) in [7, 11) is 0. The molecule has 2 aromatic rings. The quantitative estimate of drug-likeness (QED) is 0.617. The van der Waals surface area contributed by atoms with Crippen molar-refractivity contribution in [1.82, 2.24) is 20.5 Å². The summed E-state index contributed by atoms with van der Waals surface area (Å²) in [4.78, 5) is 16.5. The average molecular weight is 369 g/mol. The highest BCUT2D eigenvalue weighted by molar-refractivity contribution is 5.67. The predicted molar refractivity (Wildman–Crippen MR) is 99.8 cm³/mol. The predicted octanol–water partition coefficient (Wildman–Crippen LogP) is 3.00. The number of aromatic amines is 1. The highest BCUT2D eigenvalue weighted by Crippen LogP contribution is 2.36. The number of aromatic nitrogens is 3. The second-order valence-corrected chi connectivity index (χ2v) is 6.75. The Labute approximate surface area is 157 Å². The van der Waals surface area contributed by atoms with Crippen molar-refractivity contribution in [2.75, 3.05) is 18.5 Å². The van der Waals surface area contributed by atoms with Gasteiger partial charge in [-0.05, 0) is 31.4 Å². The molecular formula is C19H23N5O3. The standard InChI is InChI=1S/C19H23N5O3/c25-19-20-8-1-2-9-26-12-14-4-3-5-17(21-14)22-18-11-16(23-24-18)13-6-7-15(10-13)27-19/h1-5,11,13,15H,6-10,12H2,(H,20,25)(H2,21,22,23,24)/b2-1-/t13?,15-/m1/s1. The van der Waals surface area contributed by atoms with E-state index in [1.165, 1.54) is 0 Å². The number of H-pyrrole nitrogens is 1. The molecule has 1 aliphatic carbocycles. The molecule has 0 aromatic carbocycles. The maximum Gasteiger partial charge on any atom is 0.407 e. The van der Waals surface area contributed by atoms with Gasteiger partial charge in [0.1, 0.15) is 11.9 Å². The molecule has 4 rings (SSSR count). The van der Waals surface area contributed by atoms with Crippen LogP contribution in [0.5, 0.6) is 0 Å². The van der Waals surface area contributed by atoms with Crippen molar-refractivity contribution < 1.29 is 14.3 Å². The molecule has 1 saturated carbocycles. The van der Waals surface area contributed by atoms with E-state index in [2.05, 4.69) is 25.8 Å². The van der Waals surface area contributed by atoms with E-state index in [9.17, 15) is 4.79 Å². The Morgan fingerprint density at radius 1 is 1.15 bits per heavy atom. The number of alkyl carbamates (subject to hydrolysis) is 1. The van der Waals surface area contributed by atoms with Crippen molar-refractivity contribution >= 4 is 17.7 Å². The summed E-state index contributed by atoms with van der Waals surface area (Å²) in [6.07, 6.45) is 5.89. The number of rotatable bonds is 0. The summed E-state index contributed by atoms with van der Waals surface area (Å²) in [5.41, 5.74) is 1.88. The van der Waals surface area contributed by atoms with Gasteiger partial charge in [0.25, 0.3) is 0 Å². The molecule has 1 fully saturated rings. The maximum atomic E-state index is 11.9. The van der Waals surface area contributed by atoms with Crippen molar-refractivity contribution in [3.8, 4) is 0 Å². The Morgan fingerprint density at radius 2 is 2.11 bits per heavy atom. The van der Waals surface area contributed by atoms with Crippen LogP contribution >= 0.6 is 0 Å². The van der Waals surface area contributed by atoms with E-state index in [0.29, 0.717) is 25.7 Å². The van der Waals surface area contributed by atoms with Crippen molar-refractivity contribution in [3.63, 3.8) is 0 Å². The van der Waals surface area contributed by atoms with E-state index in [4.69, 9.17) is 9.47 Å². The fraction of sp³-hybridized carbons (Fsp3) is 0.421. The molecule has 3 heterocycles. The van der Waals surface area contributed by atoms with Crippen LogP contribution in [-0.2, 0) is 16.1 Å². The van der Waals surface area contributed by atoms with Gasteiger partial charge in [-0.15, -0.1) is 0 Å². The highest BCUT2D eigenvalue weighted by Gasteiger charge is 2.29. The Kier molecular flexibility index (Phi) is 5.34. The fourth-order valence-electron chi connectivity index (χ4n) is 3.42. The van der Waals surface area contributed by atoms with Crippen molar-refractivity contribution in [2.24, 2.45) is 0 Å². The molecule has 1 aliphatic heterocycles. The summed E-state index contributed by atoms with van der Waals surface area (Å²) in [6.45, 7) is 1.27. The minimum absolute atomic E-state index is 0.0672. The van der Waals surface area contributed by atoms with Gasteiger partial charge in [-0.2, -0.15) is 5.10 Å². The number of hydrogen-bond acceptors (Lipinski definition) is 6. The van der Waals surface area contributed by atoms with E-state index >= 15 is 0 Å². The SMILES string of the molecule is O=C1NC/C=C\COCc2cccc(n2)Nc2cc([nH]n2)C2CC[C@H](C2)O1. The number of carbonyl (C=O) groups excluding carboxylic acids is 1. The van der Waals surface area contributed by atoms with Crippen molar-refractivity contribution in [2.45, 2.75) is 37.9 Å². The first kappa shape index (κ1) is 17.5. The molecule has 3 N–H and O–H groups in total. The van der Waals surface area contributed by atoms with Crippen LogP contribution in [0, 0.1) is 0 Å². The third-order valence-corrected chi connectivity index (χ3v) is 4.75. The van der Waals surface area contributed by atoms with Gasteiger partial charge in [0.2, 0.25) is 0 Å². The zero-order valence-corrected chi connectivity index (χ0v) is 15.0. The number of ether oxygens (including phenoxy) is 2. The molecule has 0 saturated heterocycles. The summed E-state index contributed by atoms with van der Waals surface area (Å²) in [5, 5.41) is 13.4. The second-order valence-electron chi connectivity index (χ2n) is 6.75. The van der Waals surface area contributed by atoms with Gasteiger partial charge in [0, 0.05) is 24.2 Å². The first-order chi connectivity index (χ1) is 13.3. The first-order valence-corrected chi connectivity index (χ1v) is 9.22. The average Bonchev–Trinajstić information content (AvgIpc) is 3.30. The smallest absolute Gasteiger partial charge is 0.407 e. The molecule has 2 aromatic heterocycles. The number of nitrogens with one attached hydrogen (secondary N) is 3. The minimum Gasteiger partial charge on any atom is -0.446 e. The van der Waals surface area contributed by atoms with Crippen LogP contribution in [0.25, 0.3) is 0 Å². The number of nitrogens with zero attached hydrogens (tertiary/aromatic N) is 2. The first-order valence-electron chi connectivity index (χ1n) is 9.22. The molecule has 0 spiro atoms. The van der Waals surface area contributed by atoms with Crippen LogP contribution < -0.4 is 10.6 Å². The third-order valence-electron chi connectivity index (χ3n) is 4.75. The van der Waals surface area contributed by atoms with Gasteiger partial charge in [-0.1, -0.05) is 18.2 Å². The summed E-state index contributed by atoms with van der Waals surface area (Å²) in [5.74, 6) is 1.75. The van der Waals surface area contributed by atoms with Gasteiger partial charge < -0.3 is 20.1 Å². The molecule has 6 bridgehead atoms. The molecule has 2 aliphatic rings. The second kappa shape index (κ2) is 8.22. The van der Waals surface area contributed by atoms with Gasteiger partial charge in [-0.3, -0.25) is 5.10 Å². The lowest BCUT2D eigenvalue weighted by molar-refractivity contribution is 0.101. The number of anilines is 2. The monoisotopic (exact) mass is 369 g/mol. The molecule has 27 heavy (non-hydrogen) atoms. The van der Waals surface area contributed by atoms with E-state index in [0.717, 1.165) is 42.3 Å². The minimum atomic E-state index is -0.378. The van der Waals surface area contributed by atoms with Crippen LogP contribution in [0.1, 0.15) is 36.6 Å². The lowest BCUT2D eigenvalue weighted by atomic mass is 10.0. The van der Waals surface area contributed by atoms with Crippen LogP contribution in [0.15, 0.2) is 36.4 Å². The molecule has 2 atom stereocenters. The lowest BCUT2D eigenvalue weighted by Crippen LogP contribution is -2.28. The normalized spacial score (nSPS) is 24.5. The highest BCUT2D eigenvalue weighted by atomic mass is 16.6. The van der Waals surface area contributed by atoms with Crippen LogP contribution in [0.2, 0.25) is 0 Å².